The van der Waals surface area contributed by atoms with Crippen LogP contribution in [0.2, 0.25) is 0 Å². The number of hydrogen-bond acceptors (Lipinski definition) is 2. The van der Waals surface area contributed by atoms with Crippen molar-refractivity contribution in [2.75, 3.05) is 6.54 Å². The van der Waals surface area contributed by atoms with Gasteiger partial charge in [0.2, 0.25) is 0 Å². The van der Waals surface area contributed by atoms with E-state index in [1.807, 2.05) is 0 Å². The third-order valence-corrected chi connectivity index (χ3v) is 2.96. The van der Waals surface area contributed by atoms with Crippen LogP contribution in [0.3, 0.4) is 0 Å². The third kappa shape index (κ3) is 3.94. The Hall–Kier alpha value is -1.07. The highest BCUT2D eigenvalue weighted by Crippen LogP contribution is 2.37. The number of hydrogen-bond donors (Lipinski definition) is 2. The summed E-state index contributed by atoms with van der Waals surface area (Å²) in [6, 6.07) is 4.44. The molecule has 0 aromatic heterocycles. The minimum absolute atomic E-state index is 0.0189. The van der Waals surface area contributed by atoms with Crippen molar-refractivity contribution in [3.63, 3.8) is 0 Å². The molecule has 0 aliphatic carbocycles. The van der Waals surface area contributed by atoms with Crippen molar-refractivity contribution >= 4 is 0 Å². The Labute approximate surface area is 111 Å². The molecule has 1 atom stereocenters. The van der Waals surface area contributed by atoms with E-state index in [2.05, 4.69) is 5.32 Å². The van der Waals surface area contributed by atoms with Crippen molar-refractivity contribution in [2.24, 2.45) is 0 Å². The van der Waals surface area contributed by atoms with Gasteiger partial charge in [0.05, 0.1) is 6.54 Å². The van der Waals surface area contributed by atoms with Crippen molar-refractivity contribution in [2.45, 2.75) is 44.8 Å². The van der Waals surface area contributed by atoms with Gasteiger partial charge in [0.1, 0.15) is 5.82 Å². The van der Waals surface area contributed by atoms with E-state index in [9.17, 15) is 18.3 Å². The van der Waals surface area contributed by atoms with Crippen LogP contribution in [0, 0.1) is 5.82 Å². The number of rotatable bonds is 4. The molecule has 2 nitrogen and oxygen atoms in total. The molecule has 0 bridgehead atoms. The van der Waals surface area contributed by atoms with Gasteiger partial charge in [-0.25, -0.2) is 13.2 Å². The fourth-order valence-corrected chi connectivity index (χ4v) is 1.53. The van der Waals surface area contributed by atoms with Gasteiger partial charge in [-0.1, -0.05) is 12.1 Å². The maximum absolute atomic E-state index is 14.1. The van der Waals surface area contributed by atoms with Crippen LogP contribution in [-0.2, 0) is 5.60 Å². The lowest BCUT2D eigenvalue weighted by molar-refractivity contribution is -0.176. The smallest absolute Gasteiger partial charge is 0.292 e. The van der Waals surface area contributed by atoms with E-state index in [-0.39, 0.29) is 5.56 Å². The zero-order valence-corrected chi connectivity index (χ0v) is 11.6. The second kappa shape index (κ2) is 5.13. The molecule has 2 N–H and O–H groups in total. The molecule has 0 radical (unpaired) electrons. The molecule has 0 amide bonds. The van der Waals surface area contributed by atoms with E-state index in [4.69, 9.17) is 0 Å². The maximum atomic E-state index is 14.1. The zero-order valence-electron chi connectivity index (χ0n) is 11.6. The lowest BCUT2D eigenvalue weighted by Gasteiger charge is -2.35. The molecule has 108 valence electrons. The minimum Gasteiger partial charge on any atom is -0.379 e. The average Bonchev–Trinajstić information content (AvgIpc) is 2.26. The molecule has 19 heavy (non-hydrogen) atoms. The van der Waals surface area contributed by atoms with Crippen LogP contribution in [0.1, 0.15) is 33.3 Å². The molecular formula is C14H20F3NO. The number of aliphatic hydroxyl groups is 1. The summed E-state index contributed by atoms with van der Waals surface area (Å²) in [6.07, 6.45) is 0. The Bertz CT molecular complexity index is 421. The first-order valence-corrected chi connectivity index (χ1v) is 6.07. The van der Waals surface area contributed by atoms with Gasteiger partial charge in [-0.15, -0.1) is 0 Å². The Morgan fingerprint density at radius 2 is 1.53 bits per heavy atom. The largest absolute Gasteiger partial charge is 0.379 e. The predicted molar refractivity (Wildman–Crippen MR) is 68.7 cm³/mol. The van der Waals surface area contributed by atoms with E-state index >= 15 is 0 Å². The molecule has 0 spiro atoms. The molecule has 0 fully saturated rings. The van der Waals surface area contributed by atoms with Crippen molar-refractivity contribution < 1.29 is 18.3 Å². The average molecular weight is 275 g/mol. The highest BCUT2D eigenvalue weighted by molar-refractivity contribution is 5.25. The van der Waals surface area contributed by atoms with Crippen LogP contribution in [0.25, 0.3) is 0 Å². The topological polar surface area (TPSA) is 32.3 Å². The van der Waals surface area contributed by atoms with E-state index in [1.54, 1.807) is 20.8 Å². The molecule has 0 aliphatic heterocycles. The van der Waals surface area contributed by atoms with Gasteiger partial charge in [0.15, 0.2) is 5.60 Å². The second-order valence-corrected chi connectivity index (χ2v) is 5.89. The molecule has 1 unspecified atom stereocenters. The van der Waals surface area contributed by atoms with E-state index in [0.29, 0.717) is 0 Å². The fourth-order valence-electron chi connectivity index (χ4n) is 1.53. The highest BCUT2D eigenvalue weighted by atomic mass is 19.3. The van der Waals surface area contributed by atoms with Crippen LogP contribution in [0.4, 0.5) is 13.2 Å². The Balaban J connectivity index is 2.93. The van der Waals surface area contributed by atoms with Gasteiger partial charge in [0.25, 0.3) is 5.92 Å². The van der Waals surface area contributed by atoms with E-state index in [1.165, 1.54) is 12.1 Å². The lowest BCUT2D eigenvalue weighted by Crippen LogP contribution is -2.53. The monoisotopic (exact) mass is 275 g/mol. The summed E-state index contributed by atoms with van der Waals surface area (Å²) >= 11 is 0. The molecule has 0 saturated carbocycles. The van der Waals surface area contributed by atoms with E-state index < -0.39 is 29.4 Å². The molecule has 5 heteroatoms. The van der Waals surface area contributed by atoms with Crippen LogP contribution in [-0.4, -0.2) is 23.1 Å². The SMILES string of the molecule is CC(C)(C)NCC(F)(F)C(C)(O)c1ccc(F)cc1. The Morgan fingerprint density at radius 1 is 1.05 bits per heavy atom. The molecule has 1 aromatic rings. The summed E-state index contributed by atoms with van der Waals surface area (Å²) < 4.78 is 41.0. The molecule has 0 aliphatic rings. The summed E-state index contributed by atoms with van der Waals surface area (Å²) in [6.45, 7) is 5.65. The lowest BCUT2D eigenvalue weighted by atomic mass is 9.88. The third-order valence-electron chi connectivity index (χ3n) is 2.96. The Kier molecular flexibility index (Phi) is 4.32. The predicted octanol–water partition coefficient (Wildman–Crippen LogP) is 3.06. The maximum Gasteiger partial charge on any atom is 0.292 e. The summed E-state index contributed by atoms with van der Waals surface area (Å²) in [5.41, 5.74) is -2.86. The summed E-state index contributed by atoms with van der Waals surface area (Å²) in [5.74, 6) is -3.91. The summed E-state index contributed by atoms with van der Waals surface area (Å²) in [5, 5.41) is 12.8. The van der Waals surface area contributed by atoms with Crippen LogP contribution < -0.4 is 5.32 Å². The van der Waals surface area contributed by atoms with Gasteiger partial charge in [-0.3, -0.25) is 0 Å². The van der Waals surface area contributed by atoms with Gasteiger partial charge in [-0.2, -0.15) is 0 Å². The van der Waals surface area contributed by atoms with Gasteiger partial charge in [-0.05, 0) is 45.4 Å². The Morgan fingerprint density at radius 3 is 1.95 bits per heavy atom. The van der Waals surface area contributed by atoms with Crippen LogP contribution >= 0.6 is 0 Å². The van der Waals surface area contributed by atoms with Gasteiger partial charge < -0.3 is 10.4 Å². The quantitative estimate of drug-likeness (QED) is 0.885. The minimum atomic E-state index is -3.38. The van der Waals surface area contributed by atoms with Crippen molar-refractivity contribution in [3.8, 4) is 0 Å². The standard InChI is InChI=1S/C14H20F3NO/c1-12(2,3)18-9-14(16,17)13(4,19)10-5-7-11(15)8-6-10/h5-8,18-19H,9H2,1-4H3. The first kappa shape index (κ1) is 16.0. The molecule has 0 heterocycles. The molecule has 0 saturated heterocycles. The highest BCUT2D eigenvalue weighted by Gasteiger charge is 2.50. The van der Waals surface area contributed by atoms with Crippen LogP contribution in [0.15, 0.2) is 24.3 Å². The molecule has 1 aromatic carbocycles. The normalized spacial score (nSPS) is 16.2. The summed E-state index contributed by atoms with van der Waals surface area (Å²) in [7, 11) is 0. The zero-order chi connectivity index (χ0) is 14.9. The molecular weight excluding hydrogens is 255 g/mol. The number of alkyl halides is 2. The van der Waals surface area contributed by atoms with E-state index in [0.717, 1.165) is 19.1 Å². The van der Waals surface area contributed by atoms with Crippen LogP contribution in [0.5, 0.6) is 0 Å². The van der Waals surface area contributed by atoms with Crippen molar-refractivity contribution in [1.82, 2.24) is 5.32 Å². The van der Waals surface area contributed by atoms with Crippen molar-refractivity contribution in [3.05, 3.63) is 35.6 Å². The first-order valence-electron chi connectivity index (χ1n) is 6.07. The number of halogens is 3. The van der Waals surface area contributed by atoms with Crippen molar-refractivity contribution in [1.29, 1.82) is 0 Å². The molecule has 1 rings (SSSR count). The summed E-state index contributed by atoms with van der Waals surface area (Å²) in [4.78, 5) is 0. The second-order valence-electron chi connectivity index (χ2n) is 5.89. The number of nitrogens with one attached hydrogen (secondary N) is 1. The number of benzene rings is 1. The van der Waals surface area contributed by atoms with Gasteiger partial charge >= 0.3 is 0 Å². The fraction of sp³-hybridized carbons (Fsp3) is 0.571. The van der Waals surface area contributed by atoms with Gasteiger partial charge in [0, 0.05) is 5.54 Å². The first-order chi connectivity index (χ1) is 8.46.